The van der Waals surface area contributed by atoms with E-state index < -0.39 is 5.54 Å². The summed E-state index contributed by atoms with van der Waals surface area (Å²) < 4.78 is 10.4. The van der Waals surface area contributed by atoms with Crippen molar-refractivity contribution in [1.82, 2.24) is 10.1 Å². The Kier molecular flexibility index (Phi) is 4.07. The van der Waals surface area contributed by atoms with Crippen LogP contribution in [0.3, 0.4) is 0 Å². The molecule has 102 valence electrons. The van der Waals surface area contributed by atoms with Gasteiger partial charge in [0.1, 0.15) is 5.76 Å². The second-order valence-corrected chi connectivity index (χ2v) is 4.67. The Hall–Kier alpha value is -1.59. The highest BCUT2D eigenvalue weighted by atomic mass is 35.5. The van der Waals surface area contributed by atoms with Crippen LogP contribution in [0.2, 0.25) is 0 Å². The maximum atomic E-state index is 6.26. The van der Waals surface area contributed by atoms with Crippen molar-refractivity contribution < 1.29 is 8.94 Å². The van der Waals surface area contributed by atoms with Crippen LogP contribution >= 0.6 is 12.4 Å². The zero-order chi connectivity index (χ0) is 12.4. The normalized spacial score (nSPS) is 17.7. The molecule has 1 aliphatic rings. The van der Waals surface area contributed by atoms with E-state index in [9.17, 15) is 0 Å². The standard InChI is InChI=1S/C13H15N3O2.ClH/c14-13(7-1-2-8-13)12-15-11(18-16-12)6-5-10-4-3-9-17-10;/h3-6,9H,1-2,7-8,14H2;1H/b6-5+;. The largest absolute Gasteiger partial charge is 0.465 e. The third kappa shape index (κ3) is 2.88. The summed E-state index contributed by atoms with van der Waals surface area (Å²) in [4.78, 5) is 4.33. The molecular formula is C13H16ClN3O2. The van der Waals surface area contributed by atoms with Gasteiger partial charge in [-0.15, -0.1) is 12.4 Å². The molecule has 0 spiro atoms. The van der Waals surface area contributed by atoms with E-state index in [-0.39, 0.29) is 12.4 Å². The van der Waals surface area contributed by atoms with Crippen LogP contribution in [-0.4, -0.2) is 10.1 Å². The van der Waals surface area contributed by atoms with Gasteiger partial charge < -0.3 is 14.7 Å². The van der Waals surface area contributed by atoms with Gasteiger partial charge in [0.15, 0.2) is 5.82 Å². The van der Waals surface area contributed by atoms with Crippen molar-refractivity contribution in [2.24, 2.45) is 5.73 Å². The summed E-state index contributed by atoms with van der Waals surface area (Å²) >= 11 is 0. The summed E-state index contributed by atoms with van der Waals surface area (Å²) in [6.45, 7) is 0. The predicted molar refractivity (Wildman–Crippen MR) is 73.5 cm³/mol. The predicted octanol–water partition coefficient (Wildman–Crippen LogP) is 2.98. The lowest BCUT2D eigenvalue weighted by atomic mass is 9.99. The number of furan rings is 1. The molecule has 0 aliphatic heterocycles. The summed E-state index contributed by atoms with van der Waals surface area (Å²) in [7, 11) is 0. The van der Waals surface area contributed by atoms with Crippen LogP contribution in [0, 0.1) is 0 Å². The molecule has 19 heavy (non-hydrogen) atoms. The van der Waals surface area contributed by atoms with Gasteiger partial charge in [0.2, 0.25) is 0 Å². The van der Waals surface area contributed by atoms with Crippen molar-refractivity contribution in [3.63, 3.8) is 0 Å². The van der Waals surface area contributed by atoms with Gasteiger partial charge in [0, 0.05) is 6.08 Å². The van der Waals surface area contributed by atoms with E-state index in [1.807, 2.05) is 12.1 Å². The van der Waals surface area contributed by atoms with Crippen molar-refractivity contribution >= 4 is 24.6 Å². The fourth-order valence-electron chi connectivity index (χ4n) is 2.27. The van der Waals surface area contributed by atoms with Gasteiger partial charge in [0.05, 0.1) is 11.8 Å². The minimum absolute atomic E-state index is 0. The summed E-state index contributed by atoms with van der Waals surface area (Å²) in [6.07, 6.45) is 9.24. The SMILES string of the molecule is Cl.NC1(c2noc(/C=C/c3ccco3)n2)CCCC1. The fraction of sp³-hybridized carbons (Fsp3) is 0.385. The number of halogens is 1. The van der Waals surface area contributed by atoms with Crippen LogP contribution in [0.5, 0.6) is 0 Å². The third-order valence-electron chi connectivity index (χ3n) is 3.32. The van der Waals surface area contributed by atoms with Crippen LogP contribution in [-0.2, 0) is 5.54 Å². The molecule has 5 nitrogen and oxygen atoms in total. The van der Waals surface area contributed by atoms with Crippen LogP contribution in [0.4, 0.5) is 0 Å². The average molecular weight is 282 g/mol. The smallest absolute Gasteiger partial charge is 0.250 e. The fourth-order valence-corrected chi connectivity index (χ4v) is 2.27. The van der Waals surface area contributed by atoms with E-state index >= 15 is 0 Å². The van der Waals surface area contributed by atoms with E-state index in [1.54, 1.807) is 18.4 Å². The molecule has 0 unspecified atom stereocenters. The first-order valence-electron chi connectivity index (χ1n) is 6.11. The highest BCUT2D eigenvalue weighted by Crippen LogP contribution is 2.34. The Morgan fingerprint density at radius 1 is 1.26 bits per heavy atom. The quantitative estimate of drug-likeness (QED) is 0.936. The number of hydrogen-bond acceptors (Lipinski definition) is 5. The number of nitrogens with zero attached hydrogens (tertiary/aromatic N) is 2. The van der Waals surface area contributed by atoms with E-state index in [0.29, 0.717) is 11.7 Å². The van der Waals surface area contributed by atoms with Gasteiger partial charge in [0.25, 0.3) is 5.89 Å². The summed E-state index contributed by atoms with van der Waals surface area (Å²) in [5.41, 5.74) is 5.85. The molecule has 6 heteroatoms. The molecule has 2 heterocycles. The van der Waals surface area contributed by atoms with Crippen molar-refractivity contribution in [2.45, 2.75) is 31.2 Å². The van der Waals surface area contributed by atoms with Crippen LogP contribution < -0.4 is 5.73 Å². The minimum Gasteiger partial charge on any atom is -0.465 e. The molecule has 3 rings (SSSR count). The second kappa shape index (κ2) is 5.59. The molecule has 1 aliphatic carbocycles. The molecule has 1 fully saturated rings. The van der Waals surface area contributed by atoms with Crippen molar-refractivity contribution in [2.75, 3.05) is 0 Å². The highest BCUT2D eigenvalue weighted by molar-refractivity contribution is 5.85. The number of rotatable bonds is 3. The van der Waals surface area contributed by atoms with Gasteiger partial charge in [-0.2, -0.15) is 4.98 Å². The average Bonchev–Trinajstić information content (AvgIpc) is 3.08. The summed E-state index contributed by atoms with van der Waals surface area (Å²) in [6, 6.07) is 3.68. The van der Waals surface area contributed by atoms with Gasteiger partial charge >= 0.3 is 0 Å². The molecule has 2 aromatic rings. The van der Waals surface area contributed by atoms with E-state index in [0.717, 1.165) is 31.4 Å². The summed E-state index contributed by atoms with van der Waals surface area (Å²) in [5.74, 6) is 1.82. The Bertz CT molecular complexity index is 542. The van der Waals surface area contributed by atoms with Gasteiger partial charge in [-0.3, -0.25) is 0 Å². The van der Waals surface area contributed by atoms with Crippen LogP contribution in [0.15, 0.2) is 27.3 Å². The molecule has 2 N–H and O–H groups in total. The second-order valence-electron chi connectivity index (χ2n) is 4.67. The van der Waals surface area contributed by atoms with Crippen molar-refractivity contribution in [3.05, 3.63) is 35.9 Å². The lowest BCUT2D eigenvalue weighted by molar-refractivity contribution is 0.364. The zero-order valence-corrected chi connectivity index (χ0v) is 11.2. The minimum atomic E-state index is -0.403. The molecule has 0 atom stereocenters. The highest BCUT2D eigenvalue weighted by Gasteiger charge is 2.35. The first-order chi connectivity index (χ1) is 8.76. The zero-order valence-electron chi connectivity index (χ0n) is 10.4. The molecule has 1 saturated carbocycles. The van der Waals surface area contributed by atoms with Gasteiger partial charge in [-0.25, -0.2) is 0 Å². The van der Waals surface area contributed by atoms with Crippen LogP contribution in [0.1, 0.15) is 43.2 Å². The van der Waals surface area contributed by atoms with Crippen LogP contribution in [0.25, 0.3) is 12.2 Å². The molecule has 0 radical (unpaired) electrons. The lowest BCUT2D eigenvalue weighted by Crippen LogP contribution is -2.34. The molecule has 2 aromatic heterocycles. The maximum Gasteiger partial charge on any atom is 0.250 e. The van der Waals surface area contributed by atoms with Gasteiger partial charge in [-0.05, 0) is 31.1 Å². The van der Waals surface area contributed by atoms with E-state index in [2.05, 4.69) is 10.1 Å². The Morgan fingerprint density at radius 2 is 2.05 bits per heavy atom. The first kappa shape index (κ1) is 13.8. The topological polar surface area (TPSA) is 78.1 Å². The van der Waals surface area contributed by atoms with E-state index in [4.69, 9.17) is 14.7 Å². The molecule has 0 bridgehead atoms. The number of hydrogen-bond donors (Lipinski definition) is 1. The number of nitrogens with two attached hydrogens (primary N) is 1. The maximum absolute atomic E-state index is 6.26. The monoisotopic (exact) mass is 281 g/mol. The van der Waals surface area contributed by atoms with Gasteiger partial charge in [-0.1, -0.05) is 18.0 Å². The van der Waals surface area contributed by atoms with Crippen molar-refractivity contribution in [1.29, 1.82) is 0 Å². The molecule has 0 aromatic carbocycles. The Morgan fingerprint density at radius 3 is 2.74 bits per heavy atom. The Balaban J connectivity index is 0.00000133. The molecule has 0 saturated heterocycles. The third-order valence-corrected chi connectivity index (χ3v) is 3.32. The Labute approximate surface area is 117 Å². The number of aromatic nitrogens is 2. The summed E-state index contributed by atoms with van der Waals surface area (Å²) in [5, 5.41) is 3.98. The molecular weight excluding hydrogens is 266 g/mol. The lowest BCUT2D eigenvalue weighted by Gasteiger charge is -2.17. The molecule has 0 amide bonds. The van der Waals surface area contributed by atoms with E-state index in [1.165, 1.54) is 0 Å². The first-order valence-corrected chi connectivity index (χ1v) is 6.11. The van der Waals surface area contributed by atoms with Crippen molar-refractivity contribution in [3.8, 4) is 0 Å².